The Morgan fingerprint density at radius 2 is 1.79 bits per heavy atom. The first-order chi connectivity index (χ1) is 15.6. The third-order valence-corrected chi connectivity index (χ3v) is 5.05. The molecule has 33 heavy (non-hydrogen) atoms. The van der Waals surface area contributed by atoms with Crippen molar-refractivity contribution in [2.45, 2.75) is 39.8 Å². The van der Waals surface area contributed by atoms with E-state index in [1.54, 1.807) is 21.8 Å². The largest absolute Gasteiger partial charge is 0.459 e. The van der Waals surface area contributed by atoms with E-state index in [-0.39, 0.29) is 12.5 Å². The van der Waals surface area contributed by atoms with Gasteiger partial charge < -0.3 is 14.5 Å². The van der Waals surface area contributed by atoms with E-state index in [0.717, 1.165) is 5.56 Å². The zero-order valence-electron chi connectivity index (χ0n) is 20.3. The first-order valence-corrected chi connectivity index (χ1v) is 11.2. The lowest BCUT2D eigenvalue weighted by atomic mass is 10.1. The van der Waals surface area contributed by atoms with Crippen LogP contribution in [0.1, 0.15) is 38.1 Å². The lowest BCUT2D eigenvalue weighted by molar-refractivity contribution is -0.155. The Labute approximate surface area is 195 Å². The molecule has 0 aliphatic heterocycles. The van der Waals surface area contributed by atoms with Crippen LogP contribution in [0.5, 0.6) is 0 Å². The molecule has 0 bridgehead atoms. The van der Waals surface area contributed by atoms with Crippen LogP contribution < -0.4 is 0 Å². The van der Waals surface area contributed by atoms with Crippen LogP contribution in [0.25, 0.3) is 22.3 Å². The predicted molar refractivity (Wildman–Crippen MR) is 129 cm³/mol. The van der Waals surface area contributed by atoms with E-state index in [1.807, 2.05) is 77.0 Å². The van der Waals surface area contributed by atoms with Crippen molar-refractivity contribution in [3.63, 3.8) is 0 Å². The first-order valence-electron chi connectivity index (χ1n) is 11.2. The highest BCUT2D eigenvalue weighted by atomic mass is 16.6. The molecule has 0 fully saturated rings. The summed E-state index contributed by atoms with van der Waals surface area (Å²) in [6, 6.07) is 11.5. The molecule has 0 spiro atoms. The number of carbonyl (C=O) groups excluding carboxylic acids is 2. The highest BCUT2D eigenvalue weighted by Crippen LogP contribution is 2.26. The summed E-state index contributed by atoms with van der Waals surface area (Å²) in [6.07, 6.45) is 1.67. The van der Waals surface area contributed by atoms with Gasteiger partial charge >= 0.3 is 5.97 Å². The summed E-state index contributed by atoms with van der Waals surface area (Å²) >= 11 is 0. The van der Waals surface area contributed by atoms with E-state index in [1.165, 1.54) is 0 Å². The number of pyridine rings is 1. The zero-order chi connectivity index (χ0) is 24.2. The second-order valence-electron chi connectivity index (χ2n) is 9.24. The predicted octanol–water partition coefficient (Wildman–Crippen LogP) is 3.46. The SMILES string of the molecule is CCn1ncc2c(C(=O)N(CCN(C)C)CC(=O)OC(C)(C)C)cc(-c3ccccc3)nc21. The Hall–Kier alpha value is -3.26. The maximum Gasteiger partial charge on any atom is 0.326 e. The van der Waals surface area contributed by atoms with Crippen LogP contribution >= 0.6 is 0 Å². The smallest absolute Gasteiger partial charge is 0.326 e. The molecule has 0 atom stereocenters. The van der Waals surface area contributed by atoms with Gasteiger partial charge in [0.25, 0.3) is 5.91 Å². The Morgan fingerprint density at radius 3 is 2.39 bits per heavy atom. The topological polar surface area (TPSA) is 80.6 Å². The summed E-state index contributed by atoms with van der Waals surface area (Å²) in [5, 5.41) is 5.09. The van der Waals surface area contributed by atoms with Crippen molar-refractivity contribution in [2.75, 3.05) is 33.7 Å². The molecule has 1 amide bonds. The lowest BCUT2D eigenvalue weighted by Gasteiger charge is -2.26. The average Bonchev–Trinajstić information content (AvgIpc) is 3.17. The normalized spacial score (nSPS) is 11.7. The van der Waals surface area contributed by atoms with Crippen LogP contribution in [-0.4, -0.2) is 75.8 Å². The number of nitrogens with zero attached hydrogens (tertiary/aromatic N) is 5. The molecule has 0 N–H and O–H groups in total. The quantitative estimate of drug-likeness (QED) is 0.488. The molecule has 176 valence electrons. The van der Waals surface area contributed by atoms with Crippen molar-refractivity contribution in [2.24, 2.45) is 0 Å². The van der Waals surface area contributed by atoms with Crippen LogP contribution in [0, 0.1) is 0 Å². The van der Waals surface area contributed by atoms with Gasteiger partial charge in [-0.25, -0.2) is 9.67 Å². The Bertz CT molecular complexity index is 1120. The number of hydrogen-bond acceptors (Lipinski definition) is 6. The van der Waals surface area contributed by atoms with E-state index in [0.29, 0.717) is 41.9 Å². The molecule has 3 aromatic rings. The minimum absolute atomic E-state index is 0.129. The monoisotopic (exact) mass is 451 g/mol. The van der Waals surface area contributed by atoms with E-state index in [2.05, 4.69) is 5.10 Å². The second kappa shape index (κ2) is 10.1. The fourth-order valence-corrected chi connectivity index (χ4v) is 3.49. The van der Waals surface area contributed by atoms with Crippen molar-refractivity contribution in [1.29, 1.82) is 0 Å². The fraction of sp³-hybridized carbons (Fsp3) is 0.440. The van der Waals surface area contributed by atoms with Gasteiger partial charge in [-0.15, -0.1) is 0 Å². The van der Waals surface area contributed by atoms with E-state index < -0.39 is 11.6 Å². The number of aryl methyl sites for hydroxylation is 1. The van der Waals surface area contributed by atoms with Gasteiger partial charge in [0.2, 0.25) is 0 Å². The maximum atomic E-state index is 13.8. The molecule has 8 nitrogen and oxygen atoms in total. The summed E-state index contributed by atoms with van der Waals surface area (Å²) in [7, 11) is 3.86. The molecule has 8 heteroatoms. The van der Waals surface area contributed by atoms with Crippen LogP contribution in [0.2, 0.25) is 0 Å². The van der Waals surface area contributed by atoms with Crippen molar-refractivity contribution >= 4 is 22.9 Å². The molecule has 0 aliphatic carbocycles. The highest BCUT2D eigenvalue weighted by Gasteiger charge is 2.26. The van der Waals surface area contributed by atoms with Crippen molar-refractivity contribution < 1.29 is 14.3 Å². The number of carbonyl (C=O) groups is 2. The van der Waals surface area contributed by atoms with E-state index in [9.17, 15) is 9.59 Å². The molecular weight excluding hydrogens is 418 g/mol. The summed E-state index contributed by atoms with van der Waals surface area (Å²) in [6.45, 7) is 8.93. The molecule has 0 saturated carbocycles. The fourth-order valence-electron chi connectivity index (χ4n) is 3.49. The third-order valence-electron chi connectivity index (χ3n) is 5.05. The number of rotatable bonds is 8. The van der Waals surface area contributed by atoms with E-state index >= 15 is 0 Å². The number of amides is 1. The Morgan fingerprint density at radius 1 is 1.09 bits per heavy atom. The Kier molecular flexibility index (Phi) is 7.48. The van der Waals surface area contributed by atoms with Crippen LogP contribution in [0.3, 0.4) is 0 Å². The van der Waals surface area contributed by atoms with Gasteiger partial charge in [-0.3, -0.25) is 9.59 Å². The average molecular weight is 452 g/mol. The van der Waals surface area contributed by atoms with E-state index in [4.69, 9.17) is 9.72 Å². The number of benzene rings is 1. The van der Waals surface area contributed by atoms with Crippen molar-refractivity contribution in [3.05, 3.63) is 48.2 Å². The van der Waals surface area contributed by atoms with Crippen LogP contribution in [0.4, 0.5) is 0 Å². The number of likely N-dealkylation sites (N-methyl/N-ethyl adjacent to an activating group) is 1. The summed E-state index contributed by atoms with van der Waals surface area (Å²) < 4.78 is 7.26. The number of aromatic nitrogens is 3. The van der Waals surface area contributed by atoms with Gasteiger partial charge in [0, 0.05) is 25.2 Å². The molecule has 0 unspecified atom stereocenters. The molecule has 2 aromatic heterocycles. The van der Waals surface area contributed by atoms with Crippen LogP contribution in [0.15, 0.2) is 42.6 Å². The minimum Gasteiger partial charge on any atom is -0.459 e. The minimum atomic E-state index is -0.625. The van der Waals surface area contributed by atoms with Gasteiger partial charge in [0.1, 0.15) is 12.1 Å². The van der Waals surface area contributed by atoms with Gasteiger partial charge in [0.15, 0.2) is 5.65 Å². The van der Waals surface area contributed by atoms with Crippen LogP contribution in [-0.2, 0) is 16.1 Å². The lowest BCUT2D eigenvalue weighted by Crippen LogP contribution is -2.42. The number of hydrogen-bond donors (Lipinski definition) is 0. The van der Waals surface area contributed by atoms with Gasteiger partial charge in [0.05, 0.1) is 22.8 Å². The molecule has 2 heterocycles. The van der Waals surface area contributed by atoms with Gasteiger partial charge in [-0.05, 0) is 47.9 Å². The van der Waals surface area contributed by atoms with Crippen molar-refractivity contribution in [1.82, 2.24) is 24.6 Å². The highest BCUT2D eigenvalue weighted by molar-refractivity contribution is 6.07. The number of fused-ring (bicyclic) bond motifs is 1. The van der Waals surface area contributed by atoms with Gasteiger partial charge in [-0.2, -0.15) is 5.10 Å². The summed E-state index contributed by atoms with van der Waals surface area (Å²) in [5.41, 5.74) is 2.09. The molecular formula is C25H33N5O3. The molecule has 0 aliphatic rings. The third kappa shape index (κ3) is 6.16. The molecule has 0 radical (unpaired) electrons. The van der Waals surface area contributed by atoms with Crippen molar-refractivity contribution in [3.8, 4) is 11.3 Å². The van der Waals surface area contributed by atoms with Gasteiger partial charge in [-0.1, -0.05) is 30.3 Å². The Balaban J connectivity index is 2.05. The number of ether oxygens (including phenoxy) is 1. The summed E-state index contributed by atoms with van der Waals surface area (Å²) in [4.78, 5) is 34.7. The second-order valence-corrected chi connectivity index (χ2v) is 9.24. The summed E-state index contributed by atoms with van der Waals surface area (Å²) in [5.74, 6) is -0.685. The molecule has 3 rings (SSSR count). The molecule has 1 aromatic carbocycles. The maximum absolute atomic E-state index is 13.8. The zero-order valence-corrected chi connectivity index (χ0v) is 20.3. The number of esters is 1. The standard InChI is InChI=1S/C25H33N5O3/c1-7-30-23-20(16-26-30)19(15-21(27-23)18-11-9-8-10-12-18)24(32)29(14-13-28(5)6)17-22(31)33-25(2,3)4/h8-12,15-16H,7,13-14,17H2,1-6H3. The molecule has 0 saturated heterocycles. The first kappa shape index (κ1) is 24.4.